The molecule has 1 amide bonds. The highest BCUT2D eigenvalue weighted by Gasteiger charge is 2.27. The van der Waals surface area contributed by atoms with Crippen LogP contribution in [0.4, 0.5) is 0 Å². The van der Waals surface area contributed by atoms with E-state index < -0.39 is 0 Å². The first-order chi connectivity index (χ1) is 11.7. The normalized spacial score (nSPS) is 15.3. The number of piperidine rings is 1. The standard InChI is InChI=1S/C19H21NO4/c1-23-19(22)15-8-10-20(11-9-15)18(21)13-24-17-7-6-14-4-2-3-5-16(14)12-17/h2-7,12,15H,8-11,13H2,1H3. The van der Waals surface area contributed by atoms with E-state index in [1.807, 2.05) is 42.5 Å². The SMILES string of the molecule is COC(=O)C1CCN(C(=O)COc2ccc3ccccc3c2)CC1. The molecule has 2 aromatic rings. The Kier molecular flexibility index (Phi) is 4.99. The summed E-state index contributed by atoms with van der Waals surface area (Å²) in [5, 5.41) is 2.22. The van der Waals surface area contributed by atoms with Gasteiger partial charge in [-0.1, -0.05) is 30.3 Å². The number of methoxy groups -OCH3 is 1. The second kappa shape index (κ2) is 7.34. The van der Waals surface area contributed by atoms with Crippen molar-refractivity contribution in [2.45, 2.75) is 12.8 Å². The van der Waals surface area contributed by atoms with Crippen molar-refractivity contribution in [3.8, 4) is 5.75 Å². The van der Waals surface area contributed by atoms with E-state index in [1.54, 1.807) is 4.90 Å². The van der Waals surface area contributed by atoms with Gasteiger partial charge in [-0.3, -0.25) is 9.59 Å². The van der Waals surface area contributed by atoms with E-state index in [-0.39, 0.29) is 24.4 Å². The van der Waals surface area contributed by atoms with Crippen molar-refractivity contribution in [3.63, 3.8) is 0 Å². The second-order valence-corrected chi connectivity index (χ2v) is 5.98. The Morgan fingerprint density at radius 1 is 1.08 bits per heavy atom. The minimum absolute atomic E-state index is 0.0151. The lowest BCUT2D eigenvalue weighted by Crippen LogP contribution is -2.42. The predicted octanol–water partition coefficient (Wildman–Crippen LogP) is 2.63. The number of likely N-dealkylation sites (tertiary alicyclic amines) is 1. The van der Waals surface area contributed by atoms with E-state index in [1.165, 1.54) is 7.11 Å². The molecule has 0 atom stereocenters. The highest BCUT2D eigenvalue weighted by Crippen LogP contribution is 2.21. The molecule has 1 saturated heterocycles. The summed E-state index contributed by atoms with van der Waals surface area (Å²) in [5.41, 5.74) is 0. The third-order valence-electron chi connectivity index (χ3n) is 4.47. The molecule has 0 saturated carbocycles. The summed E-state index contributed by atoms with van der Waals surface area (Å²) < 4.78 is 10.4. The zero-order chi connectivity index (χ0) is 16.9. The summed E-state index contributed by atoms with van der Waals surface area (Å²) in [5.74, 6) is 0.355. The molecule has 0 aromatic heterocycles. The molecular weight excluding hydrogens is 306 g/mol. The van der Waals surface area contributed by atoms with E-state index in [4.69, 9.17) is 9.47 Å². The number of benzene rings is 2. The smallest absolute Gasteiger partial charge is 0.308 e. The third-order valence-corrected chi connectivity index (χ3v) is 4.47. The maximum atomic E-state index is 12.3. The molecule has 126 valence electrons. The molecule has 0 spiro atoms. The number of fused-ring (bicyclic) bond motifs is 1. The molecule has 3 rings (SSSR count). The summed E-state index contributed by atoms with van der Waals surface area (Å²) in [6.07, 6.45) is 1.29. The second-order valence-electron chi connectivity index (χ2n) is 5.98. The topological polar surface area (TPSA) is 55.8 Å². The van der Waals surface area contributed by atoms with Crippen LogP contribution in [0.1, 0.15) is 12.8 Å². The molecule has 5 heteroatoms. The van der Waals surface area contributed by atoms with Gasteiger partial charge < -0.3 is 14.4 Å². The fourth-order valence-corrected chi connectivity index (χ4v) is 3.02. The summed E-state index contributed by atoms with van der Waals surface area (Å²) in [4.78, 5) is 25.5. The molecule has 5 nitrogen and oxygen atoms in total. The van der Waals surface area contributed by atoms with Gasteiger partial charge in [-0.25, -0.2) is 0 Å². The van der Waals surface area contributed by atoms with Gasteiger partial charge in [0.1, 0.15) is 5.75 Å². The molecular formula is C19H21NO4. The zero-order valence-electron chi connectivity index (χ0n) is 13.7. The van der Waals surface area contributed by atoms with Crippen LogP contribution in [0.5, 0.6) is 5.75 Å². The summed E-state index contributed by atoms with van der Waals surface area (Å²) in [6.45, 7) is 1.15. The Hall–Kier alpha value is -2.56. The Morgan fingerprint density at radius 3 is 2.50 bits per heavy atom. The van der Waals surface area contributed by atoms with Crippen molar-refractivity contribution < 1.29 is 19.1 Å². The average molecular weight is 327 g/mol. The molecule has 0 bridgehead atoms. The molecule has 0 N–H and O–H groups in total. The van der Waals surface area contributed by atoms with Gasteiger partial charge >= 0.3 is 5.97 Å². The summed E-state index contributed by atoms with van der Waals surface area (Å²) >= 11 is 0. The first kappa shape index (κ1) is 16.3. The number of ether oxygens (including phenoxy) is 2. The first-order valence-corrected chi connectivity index (χ1v) is 8.14. The van der Waals surface area contributed by atoms with E-state index in [0.29, 0.717) is 31.7 Å². The quantitative estimate of drug-likeness (QED) is 0.810. The van der Waals surface area contributed by atoms with Crippen LogP contribution in [-0.4, -0.2) is 43.6 Å². The summed E-state index contributed by atoms with van der Waals surface area (Å²) in [7, 11) is 1.40. The molecule has 0 unspecified atom stereocenters. The average Bonchev–Trinajstić information content (AvgIpc) is 2.65. The van der Waals surface area contributed by atoms with E-state index in [0.717, 1.165) is 10.8 Å². The third kappa shape index (κ3) is 3.67. The van der Waals surface area contributed by atoms with Crippen LogP contribution < -0.4 is 4.74 Å². The van der Waals surface area contributed by atoms with Gasteiger partial charge in [-0.05, 0) is 35.7 Å². The molecule has 0 radical (unpaired) electrons. The molecule has 1 aliphatic heterocycles. The Balaban J connectivity index is 1.53. The van der Waals surface area contributed by atoms with E-state index >= 15 is 0 Å². The lowest BCUT2D eigenvalue weighted by molar-refractivity contribution is -0.149. The first-order valence-electron chi connectivity index (χ1n) is 8.14. The lowest BCUT2D eigenvalue weighted by Gasteiger charge is -2.30. The molecule has 1 heterocycles. The van der Waals surface area contributed by atoms with Crippen molar-refractivity contribution in [2.24, 2.45) is 5.92 Å². The van der Waals surface area contributed by atoms with Gasteiger partial charge in [-0.15, -0.1) is 0 Å². The van der Waals surface area contributed by atoms with Crippen LogP contribution in [0.25, 0.3) is 10.8 Å². The number of hydrogen-bond acceptors (Lipinski definition) is 4. The highest BCUT2D eigenvalue weighted by atomic mass is 16.5. The van der Waals surface area contributed by atoms with Gasteiger partial charge in [0.25, 0.3) is 5.91 Å². The number of rotatable bonds is 4. The number of hydrogen-bond donors (Lipinski definition) is 0. The molecule has 1 aliphatic rings. The van der Waals surface area contributed by atoms with Crippen molar-refractivity contribution in [1.82, 2.24) is 4.90 Å². The van der Waals surface area contributed by atoms with Gasteiger partial charge in [0.15, 0.2) is 6.61 Å². The van der Waals surface area contributed by atoms with Crippen molar-refractivity contribution in [3.05, 3.63) is 42.5 Å². The molecule has 0 aliphatic carbocycles. The zero-order valence-corrected chi connectivity index (χ0v) is 13.7. The van der Waals surface area contributed by atoms with Crippen molar-refractivity contribution in [1.29, 1.82) is 0 Å². The fourth-order valence-electron chi connectivity index (χ4n) is 3.02. The van der Waals surface area contributed by atoms with Crippen LogP contribution in [0.2, 0.25) is 0 Å². The Morgan fingerprint density at radius 2 is 1.79 bits per heavy atom. The van der Waals surface area contributed by atoms with Gasteiger partial charge in [0, 0.05) is 13.1 Å². The Bertz CT molecular complexity index is 735. The van der Waals surface area contributed by atoms with Crippen LogP contribution in [0, 0.1) is 5.92 Å². The van der Waals surface area contributed by atoms with E-state index in [9.17, 15) is 9.59 Å². The molecule has 2 aromatic carbocycles. The maximum Gasteiger partial charge on any atom is 0.308 e. The minimum Gasteiger partial charge on any atom is -0.484 e. The maximum absolute atomic E-state index is 12.3. The largest absolute Gasteiger partial charge is 0.484 e. The summed E-state index contributed by atoms with van der Waals surface area (Å²) in [6, 6.07) is 13.8. The number of carbonyl (C=O) groups is 2. The predicted molar refractivity (Wildman–Crippen MR) is 90.8 cm³/mol. The Labute approximate surface area is 141 Å². The van der Waals surface area contributed by atoms with Crippen molar-refractivity contribution >= 4 is 22.6 Å². The van der Waals surface area contributed by atoms with Crippen LogP contribution in [-0.2, 0) is 14.3 Å². The highest BCUT2D eigenvalue weighted by molar-refractivity contribution is 5.84. The van der Waals surface area contributed by atoms with Gasteiger partial charge in [0.05, 0.1) is 13.0 Å². The van der Waals surface area contributed by atoms with E-state index in [2.05, 4.69) is 0 Å². The molecule has 24 heavy (non-hydrogen) atoms. The van der Waals surface area contributed by atoms with Gasteiger partial charge in [-0.2, -0.15) is 0 Å². The van der Waals surface area contributed by atoms with Crippen LogP contribution in [0.15, 0.2) is 42.5 Å². The van der Waals surface area contributed by atoms with Crippen LogP contribution in [0.3, 0.4) is 0 Å². The number of amides is 1. The number of esters is 1. The van der Waals surface area contributed by atoms with Crippen LogP contribution >= 0.6 is 0 Å². The number of carbonyl (C=O) groups excluding carboxylic acids is 2. The molecule has 1 fully saturated rings. The fraction of sp³-hybridized carbons (Fsp3) is 0.368. The number of nitrogens with zero attached hydrogens (tertiary/aromatic N) is 1. The van der Waals surface area contributed by atoms with Gasteiger partial charge in [0.2, 0.25) is 0 Å². The minimum atomic E-state index is -0.186. The monoisotopic (exact) mass is 327 g/mol. The lowest BCUT2D eigenvalue weighted by atomic mass is 9.97. The van der Waals surface area contributed by atoms with Crippen molar-refractivity contribution in [2.75, 3.05) is 26.8 Å².